The van der Waals surface area contributed by atoms with Crippen LogP contribution in [0.2, 0.25) is 10.0 Å². The molecule has 3 aromatic rings. The van der Waals surface area contributed by atoms with E-state index in [0.717, 1.165) is 12.1 Å². The molecule has 0 unspecified atom stereocenters. The molecule has 0 aliphatic rings. The highest BCUT2D eigenvalue weighted by Crippen LogP contribution is 2.36. The van der Waals surface area contributed by atoms with Crippen LogP contribution in [0.15, 0.2) is 41.3 Å². The van der Waals surface area contributed by atoms with Crippen LogP contribution in [0.25, 0.3) is 10.2 Å². The van der Waals surface area contributed by atoms with Crippen molar-refractivity contribution in [3.8, 4) is 0 Å². The summed E-state index contributed by atoms with van der Waals surface area (Å²) in [7, 11) is -3.57. The zero-order valence-corrected chi connectivity index (χ0v) is 16.9. The fourth-order valence-electron chi connectivity index (χ4n) is 2.36. The van der Waals surface area contributed by atoms with Gasteiger partial charge >= 0.3 is 0 Å². The van der Waals surface area contributed by atoms with Gasteiger partial charge in [-0.2, -0.15) is 0 Å². The Bertz CT molecular complexity index is 1060. The maximum atomic E-state index is 12.9. The Morgan fingerprint density at radius 3 is 2.44 bits per heavy atom. The Morgan fingerprint density at radius 1 is 1.11 bits per heavy atom. The molecule has 1 amide bonds. The molecule has 0 saturated heterocycles. The molecule has 1 heterocycles. The largest absolute Gasteiger partial charge is 0.302 e. The number of fused-ring (bicyclic) bond motifs is 1. The van der Waals surface area contributed by atoms with Crippen LogP contribution in [-0.4, -0.2) is 25.1 Å². The Kier molecular flexibility index (Phi) is 6.00. The molecule has 0 bridgehead atoms. The Hall–Kier alpha value is -1.74. The molecule has 0 spiro atoms. The second-order valence-electron chi connectivity index (χ2n) is 5.65. The van der Waals surface area contributed by atoms with Crippen LogP contribution in [0.3, 0.4) is 0 Å². The first-order chi connectivity index (χ1) is 12.8. The fraction of sp³-hybridized carbons (Fsp3) is 0.176. The monoisotopic (exact) mass is 446 g/mol. The minimum Gasteiger partial charge on any atom is -0.302 e. The highest BCUT2D eigenvalue weighted by molar-refractivity contribution is 7.91. The lowest BCUT2D eigenvalue weighted by Crippen LogP contribution is -2.14. The summed E-state index contributed by atoms with van der Waals surface area (Å²) >= 11 is 13.3. The number of carbonyl (C=O) groups excluding carboxylic acids is 1. The normalized spacial score (nSPS) is 11.7. The molecular weight excluding hydrogens is 434 g/mol. The predicted molar refractivity (Wildman–Crippen MR) is 106 cm³/mol. The van der Waals surface area contributed by atoms with Gasteiger partial charge in [-0.05, 0) is 42.8 Å². The lowest BCUT2D eigenvalue weighted by molar-refractivity contribution is -0.116. The SMILES string of the molecule is O=C(CCCS(=O)(=O)c1ccc(F)cc1)Nc1nc2c(Cl)ccc(Cl)c2s1. The van der Waals surface area contributed by atoms with Crippen LogP contribution < -0.4 is 5.32 Å². The molecule has 142 valence electrons. The molecule has 0 aliphatic carbocycles. The van der Waals surface area contributed by atoms with Crippen LogP contribution in [0.1, 0.15) is 12.8 Å². The first-order valence-corrected chi connectivity index (χ1v) is 11.0. The third-order valence-electron chi connectivity index (χ3n) is 3.68. The van der Waals surface area contributed by atoms with Gasteiger partial charge in [0.05, 0.1) is 25.4 Å². The summed E-state index contributed by atoms with van der Waals surface area (Å²) < 4.78 is 37.9. The number of hydrogen-bond acceptors (Lipinski definition) is 5. The molecule has 0 radical (unpaired) electrons. The van der Waals surface area contributed by atoms with E-state index in [9.17, 15) is 17.6 Å². The smallest absolute Gasteiger partial charge is 0.226 e. The average Bonchev–Trinajstić information content (AvgIpc) is 3.03. The Balaban J connectivity index is 1.59. The number of anilines is 1. The van der Waals surface area contributed by atoms with Crippen LogP contribution in [0.4, 0.5) is 9.52 Å². The van der Waals surface area contributed by atoms with Gasteiger partial charge in [0, 0.05) is 6.42 Å². The summed E-state index contributed by atoms with van der Waals surface area (Å²) in [6, 6.07) is 7.86. The lowest BCUT2D eigenvalue weighted by atomic mass is 10.3. The third kappa shape index (κ3) is 4.76. The van der Waals surface area contributed by atoms with E-state index in [-0.39, 0.29) is 29.4 Å². The van der Waals surface area contributed by atoms with Gasteiger partial charge in [-0.25, -0.2) is 17.8 Å². The van der Waals surface area contributed by atoms with Crippen LogP contribution in [0, 0.1) is 5.82 Å². The number of thiazole rings is 1. The van der Waals surface area contributed by atoms with Crippen molar-refractivity contribution in [3.63, 3.8) is 0 Å². The summed E-state index contributed by atoms with van der Waals surface area (Å²) in [6.07, 6.45) is 0.121. The number of nitrogens with one attached hydrogen (secondary N) is 1. The van der Waals surface area contributed by atoms with Gasteiger partial charge in [-0.1, -0.05) is 34.5 Å². The molecule has 2 aromatic carbocycles. The van der Waals surface area contributed by atoms with Gasteiger partial charge in [0.1, 0.15) is 11.3 Å². The van der Waals surface area contributed by atoms with Crippen molar-refractivity contribution in [2.24, 2.45) is 0 Å². The topological polar surface area (TPSA) is 76.1 Å². The fourth-order valence-corrected chi connectivity index (χ4v) is 5.11. The zero-order chi connectivity index (χ0) is 19.6. The van der Waals surface area contributed by atoms with Gasteiger partial charge in [-0.15, -0.1) is 0 Å². The van der Waals surface area contributed by atoms with Crippen molar-refractivity contribution in [2.75, 3.05) is 11.1 Å². The second-order valence-corrected chi connectivity index (χ2v) is 9.57. The molecule has 1 N–H and O–H groups in total. The van der Waals surface area contributed by atoms with E-state index < -0.39 is 15.7 Å². The van der Waals surface area contributed by atoms with Crippen molar-refractivity contribution in [1.29, 1.82) is 0 Å². The van der Waals surface area contributed by atoms with Crippen LogP contribution in [-0.2, 0) is 14.6 Å². The Labute approximate surface area is 169 Å². The van der Waals surface area contributed by atoms with Crippen molar-refractivity contribution < 1.29 is 17.6 Å². The molecule has 0 aliphatic heterocycles. The van der Waals surface area contributed by atoms with E-state index in [1.807, 2.05) is 0 Å². The van der Waals surface area contributed by atoms with Gasteiger partial charge in [0.15, 0.2) is 15.0 Å². The molecule has 10 heteroatoms. The summed E-state index contributed by atoms with van der Waals surface area (Å²) in [4.78, 5) is 16.3. The van der Waals surface area contributed by atoms with E-state index >= 15 is 0 Å². The number of amides is 1. The van der Waals surface area contributed by atoms with Crippen molar-refractivity contribution in [1.82, 2.24) is 4.98 Å². The number of aromatic nitrogens is 1. The van der Waals surface area contributed by atoms with Gasteiger partial charge in [0.25, 0.3) is 0 Å². The number of benzene rings is 2. The van der Waals surface area contributed by atoms with E-state index in [4.69, 9.17) is 23.2 Å². The van der Waals surface area contributed by atoms with Gasteiger partial charge in [-0.3, -0.25) is 4.79 Å². The minimum absolute atomic E-state index is 0.00217. The van der Waals surface area contributed by atoms with E-state index in [1.54, 1.807) is 12.1 Å². The number of rotatable bonds is 6. The highest BCUT2D eigenvalue weighted by atomic mass is 35.5. The molecule has 0 saturated carbocycles. The maximum absolute atomic E-state index is 12.9. The first kappa shape index (κ1) is 20.0. The van der Waals surface area contributed by atoms with Crippen molar-refractivity contribution in [2.45, 2.75) is 17.7 Å². The maximum Gasteiger partial charge on any atom is 0.226 e. The summed E-state index contributed by atoms with van der Waals surface area (Å²) in [6.45, 7) is 0. The van der Waals surface area contributed by atoms with Crippen LogP contribution >= 0.6 is 34.5 Å². The molecule has 27 heavy (non-hydrogen) atoms. The standard InChI is InChI=1S/C17H13Cl2FN2O3S2/c18-12-7-8-13(19)16-15(12)22-17(26-16)21-14(23)2-1-9-27(24,25)11-5-3-10(20)4-6-11/h3-8H,1-2,9H2,(H,21,22,23). The minimum atomic E-state index is -3.57. The molecule has 3 rings (SSSR count). The van der Waals surface area contributed by atoms with Gasteiger partial charge in [0.2, 0.25) is 5.91 Å². The van der Waals surface area contributed by atoms with Crippen molar-refractivity contribution in [3.05, 3.63) is 52.3 Å². The molecule has 0 fully saturated rings. The second kappa shape index (κ2) is 8.10. The zero-order valence-electron chi connectivity index (χ0n) is 13.7. The summed E-state index contributed by atoms with van der Waals surface area (Å²) in [5, 5.41) is 3.88. The number of halogens is 3. The quantitative estimate of drug-likeness (QED) is 0.544. The summed E-state index contributed by atoms with van der Waals surface area (Å²) in [5.41, 5.74) is 0.503. The Morgan fingerprint density at radius 2 is 1.78 bits per heavy atom. The molecule has 0 atom stereocenters. The van der Waals surface area contributed by atoms with E-state index in [0.29, 0.717) is 25.4 Å². The number of hydrogen-bond donors (Lipinski definition) is 1. The van der Waals surface area contributed by atoms with Gasteiger partial charge < -0.3 is 5.32 Å². The molecular formula is C17H13Cl2FN2O3S2. The highest BCUT2D eigenvalue weighted by Gasteiger charge is 2.16. The lowest BCUT2D eigenvalue weighted by Gasteiger charge is -2.04. The summed E-state index contributed by atoms with van der Waals surface area (Å²) in [5.74, 6) is -1.09. The van der Waals surface area contributed by atoms with E-state index in [1.165, 1.54) is 23.5 Å². The number of nitrogens with zero attached hydrogens (tertiary/aromatic N) is 1. The predicted octanol–water partition coefficient (Wildman–Crippen LogP) is 4.93. The third-order valence-corrected chi connectivity index (χ3v) is 7.23. The number of sulfone groups is 1. The number of carbonyl (C=O) groups is 1. The molecule has 1 aromatic heterocycles. The first-order valence-electron chi connectivity index (χ1n) is 7.79. The van der Waals surface area contributed by atoms with Crippen LogP contribution in [0.5, 0.6) is 0 Å². The average molecular weight is 447 g/mol. The molecule has 5 nitrogen and oxygen atoms in total. The van der Waals surface area contributed by atoms with E-state index in [2.05, 4.69) is 10.3 Å². The van der Waals surface area contributed by atoms with Crippen molar-refractivity contribution >= 4 is 65.6 Å².